The summed E-state index contributed by atoms with van der Waals surface area (Å²) in [6.07, 6.45) is 0.801. The third-order valence-electron chi connectivity index (χ3n) is 4.02. The zero-order chi connectivity index (χ0) is 19.2. The van der Waals surface area contributed by atoms with Crippen molar-refractivity contribution < 1.29 is 9.53 Å². The van der Waals surface area contributed by atoms with Crippen LogP contribution in [0.3, 0.4) is 0 Å². The fraction of sp³-hybridized carbons (Fsp3) is 0.238. The second-order valence-electron chi connectivity index (χ2n) is 6.17. The first-order valence-electron chi connectivity index (χ1n) is 8.74. The lowest BCUT2D eigenvalue weighted by Gasteiger charge is -2.12. The molecule has 0 unspecified atom stereocenters. The minimum Gasteiger partial charge on any atom is -0.481 e. The molecule has 0 atom stereocenters. The van der Waals surface area contributed by atoms with Gasteiger partial charge in [-0.25, -0.2) is 0 Å². The van der Waals surface area contributed by atoms with E-state index in [4.69, 9.17) is 4.74 Å². The Hall–Kier alpha value is -3.46. The molecule has 27 heavy (non-hydrogen) atoms. The number of carbonyl (C=O) groups is 1. The highest BCUT2D eigenvalue weighted by Gasteiger charge is 2.12. The fourth-order valence-electron chi connectivity index (χ4n) is 2.56. The Morgan fingerprint density at radius 2 is 1.96 bits per heavy atom. The van der Waals surface area contributed by atoms with Crippen molar-refractivity contribution in [3.63, 3.8) is 0 Å². The predicted octanol–water partition coefficient (Wildman–Crippen LogP) is 3.67. The van der Waals surface area contributed by atoms with Gasteiger partial charge in [-0.2, -0.15) is 5.10 Å². The molecule has 0 aliphatic rings. The maximum atomic E-state index is 12.5. The van der Waals surface area contributed by atoms with Gasteiger partial charge in [-0.1, -0.05) is 12.8 Å². The lowest BCUT2D eigenvalue weighted by atomic mass is 10.2. The number of hydrogen-bond donors (Lipinski definition) is 2. The molecule has 2 N–H and O–H groups in total. The number of rotatable bonds is 5. The number of amides is 1. The molecule has 1 amide bonds. The largest absolute Gasteiger partial charge is 0.481 e. The normalized spacial score (nSPS) is 10.2. The minimum absolute atomic E-state index is 0.214. The van der Waals surface area contributed by atoms with Crippen LogP contribution in [-0.4, -0.2) is 36.8 Å². The number of aromatic amines is 1. The summed E-state index contributed by atoms with van der Waals surface area (Å²) in [4.78, 5) is 14.5. The van der Waals surface area contributed by atoms with Crippen LogP contribution < -0.4 is 15.0 Å². The molecule has 0 aliphatic carbocycles. The van der Waals surface area contributed by atoms with Gasteiger partial charge in [-0.15, -0.1) is 5.92 Å². The van der Waals surface area contributed by atoms with E-state index in [2.05, 4.69) is 27.4 Å². The molecule has 0 spiro atoms. The summed E-state index contributed by atoms with van der Waals surface area (Å²) in [5.74, 6) is 6.84. The second kappa shape index (κ2) is 8.28. The van der Waals surface area contributed by atoms with Gasteiger partial charge in [0.1, 0.15) is 12.4 Å². The monoisotopic (exact) mass is 362 g/mol. The van der Waals surface area contributed by atoms with Gasteiger partial charge in [0, 0.05) is 37.2 Å². The standard InChI is InChI=1S/C21H22N4O2/c1-4-5-6-13-27-17-11-12-19-18(14-17)20(24-23-19)22-21(26)15-7-9-16(10-8-15)25(2)3/h7-12,14H,4,13H2,1-3H3,(H2,22,23,24,26). The average Bonchev–Trinajstić information content (AvgIpc) is 3.07. The number of nitrogens with one attached hydrogen (secondary N) is 2. The molecule has 6 nitrogen and oxygen atoms in total. The van der Waals surface area contributed by atoms with Gasteiger partial charge in [0.25, 0.3) is 5.91 Å². The van der Waals surface area contributed by atoms with Crippen molar-refractivity contribution >= 4 is 28.3 Å². The van der Waals surface area contributed by atoms with Crippen LogP contribution in [-0.2, 0) is 0 Å². The van der Waals surface area contributed by atoms with E-state index in [1.165, 1.54) is 0 Å². The molecular formula is C21H22N4O2. The van der Waals surface area contributed by atoms with Gasteiger partial charge in [-0.3, -0.25) is 9.89 Å². The number of carbonyl (C=O) groups excluding carboxylic acids is 1. The summed E-state index contributed by atoms with van der Waals surface area (Å²) in [6.45, 7) is 2.32. The molecule has 6 heteroatoms. The Kier molecular flexibility index (Phi) is 5.62. The fourth-order valence-corrected chi connectivity index (χ4v) is 2.56. The molecule has 3 aromatic rings. The summed E-state index contributed by atoms with van der Waals surface area (Å²) in [5.41, 5.74) is 2.42. The lowest BCUT2D eigenvalue weighted by Crippen LogP contribution is -2.13. The molecule has 1 aromatic heterocycles. The number of ether oxygens (including phenoxy) is 1. The van der Waals surface area contributed by atoms with E-state index >= 15 is 0 Å². The van der Waals surface area contributed by atoms with Gasteiger partial charge in [0.2, 0.25) is 0 Å². The van der Waals surface area contributed by atoms with Crippen molar-refractivity contribution in [3.05, 3.63) is 48.0 Å². The number of aromatic nitrogens is 2. The first-order chi connectivity index (χ1) is 13.1. The molecule has 2 aromatic carbocycles. The number of nitrogens with zero attached hydrogens (tertiary/aromatic N) is 2. The quantitative estimate of drug-likeness (QED) is 0.680. The number of hydrogen-bond acceptors (Lipinski definition) is 4. The Morgan fingerprint density at radius 1 is 1.19 bits per heavy atom. The van der Waals surface area contributed by atoms with E-state index in [-0.39, 0.29) is 5.91 Å². The van der Waals surface area contributed by atoms with E-state index < -0.39 is 0 Å². The van der Waals surface area contributed by atoms with Crippen molar-refractivity contribution in [2.75, 3.05) is 30.9 Å². The summed E-state index contributed by atoms with van der Waals surface area (Å²) in [5, 5.41) is 10.8. The van der Waals surface area contributed by atoms with Gasteiger partial charge >= 0.3 is 0 Å². The smallest absolute Gasteiger partial charge is 0.256 e. The van der Waals surface area contributed by atoms with E-state index in [1.807, 2.05) is 56.3 Å². The summed E-state index contributed by atoms with van der Waals surface area (Å²) in [6, 6.07) is 13.0. The molecule has 0 radical (unpaired) electrons. The molecular weight excluding hydrogens is 340 g/mol. The Morgan fingerprint density at radius 3 is 2.67 bits per heavy atom. The van der Waals surface area contributed by atoms with Crippen LogP contribution in [0.2, 0.25) is 0 Å². The van der Waals surface area contributed by atoms with E-state index in [0.29, 0.717) is 23.7 Å². The van der Waals surface area contributed by atoms with E-state index in [0.717, 1.165) is 23.0 Å². The van der Waals surface area contributed by atoms with Crippen LogP contribution >= 0.6 is 0 Å². The van der Waals surface area contributed by atoms with Crippen LogP contribution in [0.4, 0.5) is 11.5 Å². The maximum Gasteiger partial charge on any atom is 0.256 e. The summed E-state index contributed by atoms with van der Waals surface area (Å²) < 4.78 is 5.63. The van der Waals surface area contributed by atoms with Gasteiger partial charge < -0.3 is 15.0 Å². The molecule has 0 saturated carbocycles. The van der Waals surface area contributed by atoms with Crippen molar-refractivity contribution in [3.8, 4) is 17.6 Å². The van der Waals surface area contributed by atoms with Crippen LogP contribution in [0.25, 0.3) is 10.9 Å². The molecule has 0 bridgehead atoms. The Balaban J connectivity index is 1.76. The van der Waals surface area contributed by atoms with Gasteiger partial charge in [0.05, 0.1) is 5.52 Å². The molecule has 1 heterocycles. The SMILES string of the molecule is CCC#CCOc1ccc2[nH]nc(NC(=O)c3ccc(N(C)C)cc3)c2c1. The van der Waals surface area contributed by atoms with Crippen molar-refractivity contribution in [2.45, 2.75) is 13.3 Å². The van der Waals surface area contributed by atoms with E-state index in [9.17, 15) is 4.79 Å². The van der Waals surface area contributed by atoms with Crippen LogP contribution in [0.5, 0.6) is 5.75 Å². The topological polar surface area (TPSA) is 70.2 Å². The number of fused-ring (bicyclic) bond motifs is 1. The lowest BCUT2D eigenvalue weighted by molar-refractivity contribution is 0.102. The van der Waals surface area contributed by atoms with Crippen LogP contribution in [0, 0.1) is 11.8 Å². The van der Waals surface area contributed by atoms with E-state index in [1.54, 1.807) is 12.1 Å². The summed E-state index contributed by atoms with van der Waals surface area (Å²) in [7, 11) is 3.91. The summed E-state index contributed by atoms with van der Waals surface area (Å²) >= 11 is 0. The van der Waals surface area contributed by atoms with Crippen molar-refractivity contribution in [1.82, 2.24) is 10.2 Å². The molecule has 138 valence electrons. The zero-order valence-corrected chi connectivity index (χ0v) is 15.7. The van der Waals surface area contributed by atoms with Gasteiger partial charge in [-0.05, 0) is 42.5 Å². The third kappa shape index (κ3) is 4.39. The minimum atomic E-state index is -0.214. The second-order valence-corrected chi connectivity index (χ2v) is 6.17. The highest BCUT2D eigenvalue weighted by Crippen LogP contribution is 2.26. The Labute approximate surface area is 158 Å². The highest BCUT2D eigenvalue weighted by atomic mass is 16.5. The average molecular weight is 362 g/mol. The Bertz CT molecular complexity index is 994. The molecule has 0 fully saturated rings. The number of benzene rings is 2. The van der Waals surface area contributed by atoms with Crippen LogP contribution in [0.1, 0.15) is 23.7 Å². The van der Waals surface area contributed by atoms with Crippen LogP contribution in [0.15, 0.2) is 42.5 Å². The highest BCUT2D eigenvalue weighted by molar-refractivity contribution is 6.08. The predicted molar refractivity (Wildman–Crippen MR) is 108 cm³/mol. The molecule has 0 aliphatic heterocycles. The first-order valence-corrected chi connectivity index (χ1v) is 8.74. The van der Waals surface area contributed by atoms with Crippen molar-refractivity contribution in [1.29, 1.82) is 0 Å². The third-order valence-corrected chi connectivity index (χ3v) is 4.02. The van der Waals surface area contributed by atoms with Crippen molar-refractivity contribution in [2.24, 2.45) is 0 Å². The zero-order valence-electron chi connectivity index (χ0n) is 15.7. The maximum absolute atomic E-state index is 12.5. The first kappa shape index (κ1) is 18.3. The molecule has 3 rings (SSSR count). The molecule has 0 saturated heterocycles. The number of anilines is 2. The number of H-pyrrole nitrogens is 1. The van der Waals surface area contributed by atoms with Gasteiger partial charge in [0.15, 0.2) is 5.82 Å².